The Morgan fingerprint density at radius 3 is 2.47 bits per heavy atom. The summed E-state index contributed by atoms with van der Waals surface area (Å²) in [5, 5.41) is 5.68. The van der Waals surface area contributed by atoms with Crippen LogP contribution in [-0.4, -0.2) is 74.2 Å². The number of carbonyl (C=O) groups is 1. The molecule has 0 aromatic heterocycles. The molecule has 8 heteroatoms. The van der Waals surface area contributed by atoms with E-state index in [0.29, 0.717) is 30.1 Å². The largest absolute Gasteiger partial charge is 0.369 e. The monoisotopic (exact) mass is 469 g/mol. The van der Waals surface area contributed by atoms with E-state index in [1.54, 1.807) is 12.1 Å². The van der Waals surface area contributed by atoms with Crippen molar-refractivity contribution in [1.82, 2.24) is 15.1 Å². The number of benzene rings is 2. The molecule has 0 saturated carbocycles. The number of carbonyl (C=O) groups excluding carboxylic acids is 1. The molecular weight excluding hydrogens is 436 g/mol. The van der Waals surface area contributed by atoms with Gasteiger partial charge in [-0.25, -0.2) is 13.6 Å². The number of urea groups is 1. The quantitative estimate of drug-likeness (QED) is 0.679. The predicted molar refractivity (Wildman–Crippen MR) is 130 cm³/mol. The molecule has 0 aliphatic carbocycles. The summed E-state index contributed by atoms with van der Waals surface area (Å²) >= 11 is 0. The Balaban J connectivity index is 1.06. The third kappa shape index (κ3) is 5.50. The summed E-state index contributed by atoms with van der Waals surface area (Å²) in [7, 11) is 0. The van der Waals surface area contributed by atoms with Gasteiger partial charge in [0.05, 0.1) is 0 Å². The van der Waals surface area contributed by atoms with Crippen LogP contribution in [0.15, 0.2) is 48.5 Å². The fourth-order valence-electron chi connectivity index (χ4n) is 5.79. The van der Waals surface area contributed by atoms with Gasteiger partial charge in [0.1, 0.15) is 11.6 Å². The van der Waals surface area contributed by atoms with Crippen molar-refractivity contribution in [2.75, 3.05) is 62.6 Å². The number of amides is 2. The van der Waals surface area contributed by atoms with Crippen LogP contribution < -0.4 is 15.5 Å². The van der Waals surface area contributed by atoms with E-state index in [4.69, 9.17) is 0 Å². The number of hydrogen-bond acceptors (Lipinski definition) is 4. The lowest BCUT2D eigenvalue weighted by atomic mass is 9.75. The van der Waals surface area contributed by atoms with Crippen molar-refractivity contribution in [3.05, 3.63) is 60.2 Å². The van der Waals surface area contributed by atoms with Crippen LogP contribution >= 0.6 is 0 Å². The number of hydrogen-bond donors (Lipinski definition) is 2. The normalized spacial score (nSPS) is 26.9. The third-order valence-corrected chi connectivity index (χ3v) is 7.65. The Hall–Kier alpha value is -2.71. The van der Waals surface area contributed by atoms with Gasteiger partial charge in [0, 0.05) is 63.2 Å². The van der Waals surface area contributed by atoms with Crippen LogP contribution in [0.4, 0.5) is 25.0 Å². The van der Waals surface area contributed by atoms with Gasteiger partial charge in [-0.05, 0) is 73.7 Å². The fourth-order valence-corrected chi connectivity index (χ4v) is 5.79. The van der Waals surface area contributed by atoms with Crippen molar-refractivity contribution in [2.45, 2.75) is 18.9 Å². The first kappa shape index (κ1) is 23.1. The zero-order chi connectivity index (χ0) is 23.5. The Morgan fingerprint density at radius 2 is 1.76 bits per heavy atom. The van der Waals surface area contributed by atoms with Gasteiger partial charge < -0.3 is 15.5 Å². The minimum Gasteiger partial charge on any atom is -0.369 e. The molecule has 4 aliphatic heterocycles. The van der Waals surface area contributed by atoms with E-state index < -0.39 is 0 Å². The third-order valence-electron chi connectivity index (χ3n) is 7.65. The van der Waals surface area contributed by atoms with Gasteiger partial charge in [0.2, 0.25) is 0 Å². The number of nitrogens with zero attached hydrogens (tertiary/aromatic N) is 3. The zero-order valence-electron chi connectivity index (χ0n) is 19.4. The second-order valence-corrected chi connectivity index (χ2v) is 9.80. The molecule has 4 heterocycles. The van der Waals surface area contributed by atoms with Gasteiger partial charge in [-0.3, -0.25) is 9.80 Å². The van der Waals surface area contributed by atoms with E-state index >= 15 is 0 Å². The number of rotatable bonds is 6. The molecule has 4 fully saturated rings. The van der Waals surface area contributed by atoms with Crippen LogP contribution in [0.25, 0.3) is 0 Å². The van der Waals surface area contributed by atoms with Crippen molar-refractivity contribution in [3.8, 4) is 0 Å². The molecule has 34 heavy (non-hydrogen) atoms. The lowest BCUT2D eigenvalue weighted by Gasteiger charge is -2.51. The molecule has 0 spiro atoms. The van der Waals surface area contributed by atoms with Crippen molar-refractivity contribution in [1.29, 1.82) is 0 Å². The van der Waals surface area contributed by atoms with Crippen LogP contribution in [0.5, 0.6) is 0 Å². The van der Waals surface area contributed by atoms with Crippen molar-refractivity contribution >= 4 is 17.4 Å². The summed E-state index contributed by atoms with van der Waals surface area (Å²) in [5.74, 6) is 0.809. The van der Waals surface area contributed by atoms with E-state index in [1.807, 2.05) is 12.1 Å². The highest BCUT2D eigenvalue weighted by molar-refractivity contribution is 5.89. The number of nitrogens with one attached hydrogen (secondary N) is 2. The van der Waals surface area contributed by atoms with E-state index in [2.05, 4.69) is 25.3 Å². The Morgan fingerprint density at radius 1 is 0.971 bits per heavy atom. The number of halogens is 2. The summed E-state index contributed by atoms with van der Waals surface area (Å²) in [5.41, 5.74) is 1.56. The Bertz CT molecular complexity index is 979. The van der Waals surface area contributed by atoms with E-state index in [9.17, 15) is 13.6 Å². The number of anilines is 2. The standard InChI is InChI=1S/C26H33F2N5O/c27-21-4-6-24(7-5-21)32-12-10-31(11-13-32)17-20-18-33-9-8-19(20)14-25(33)16-29-26(34)30-23-3-1-2-22(28)15-23/h1-7,15,19-20,25H,8-14,16-18H2,(H2,29,30,34)/t19-,20+,25-/m1/s1. The van der Waals surface area contributed by atoms with Crippen molar-refractivity contribution < 1.29 is 13.6 Å². The van der Waals surface area contributed by atoms with Crippen LogP contribution in [-0.2, 0) is 0 Å². The summed E-state index contributed by atoms with van der Waals surface area (Å²) in [6.07, 6.45) is 2.34. The molecule has 182 valence electrons. The fraction of sp³-hybridized carbons (Fsp3) is 0.500. The van der Waals surface area contributed by atoms with Gasteiger partial charge in [0.25, 0.3) is 0 Å². The zero-order valence-corrected chi connectivity index (χ0v) is 19.4. The van der Waals surface area contributed by atoms with Crippen molar-refractivity contribution in [2.24, 2.45) is 11.8 Å². The minimum atomic E-state index is -0.364. The average Bonchev–Trinajstić information content (AvgIpc) is 2.84. The van der Waals surface area contributed by atoms with Crippen LogP contribution in [0.1, 0.15) is 12.8 Å². The molecule has 4 atom stereocenters. The first-order chi connectivity index (χ1) is 16.5. The lowest BCUT2D eigenvalue weighted by molar-refractivity contribution is -0.0114. The van der Waals surface area contributed by atoms with Crippen LogP contribution in [0, 0.1) is 23.5 Å². The highest BCUT2D eigenvalue weighted by Crippen LogP contribution is 2.36. The maximum Gasteiger partial charge on any atom is 0.319 e. The lowest BCUT2D eigenvalue weighted by Crippen LogP contribution is -2.59. The average molecular weight is 470 g/mol. The highest BCUT2D eigenvalue weighted by Gasteiger charge is 2.40. The van der Waals surface area contributed by atoms with Gasteiger partial charge in [-0.15, -0.1) is 0 Å². The summed E-state index contributed by atoms with van der Waals surface area (Å²) in [4.78, 5) is 19.7. The number of piperidine rings is 3. The molecular formula is C26H33F2N5O. The summed E-state index contributed by atoms with van der Waals surface area (Å²) < 4.78 is 26.5. The number of fused-ring (bicyclic) bond motifs is 3. The smallest absolute Gasteiger partial charge is 0.319 e. The molecule has 2 bridgehead atoms. The van der Waals surface area contributed by atoms with Gasteiger partial charge in [0.15, 0.2) is 0 Å². The first-order valence-electron chi connectivity index (χ1n) is 12.3. The number of piperazine rings is 1. The second-order valence-electron chi connectivity index (χ2n) is 9.80. The molecule has 6 rings (SSSR count). The predicted octanol–water partition coefficient (Wildman–Crippen LogP) is 3.62. The molecule has 4 aliphatic rings. The topological polar surface area (TPSA) is 50.9 Å². The van der Waals surface area contributed by atoms with Crippen LogP contribution in [0.2, 0.25) is 0 Å². The minimum absolute atomic E-state index is 0.189. The van der Waals surface area contributed by atoms with Gasteiger partial charge in [-0.2, -0.15) is 0 Å². The van der Waals surface area contributed by atoms with E-state index in [1.165, 1.54) is 30.7 Å². The van der Waals surface area contributed by atoms with Crippen LogP contribution in [0.3, 0.4) is 0 Å². The molecule has 6 nitrogen and oxygen atoms in total. The molecule has 2 amide bonds. The summed E-state index contributed by atoms with van der Waals surface area (Å²) in [6, 6.07) is 12.8. The molecule has 1 unspecified atom stereocenters. The highest BCUT2D eigenvalue weighted by atomic mass is 19.1. The molecule has 0 radical (unpaired) electrons. The second kappa shape index (κ2) is 10.3. The van der Waals surface area contributed by atoms with Crippen molar-refractivity contribution in [3.63, 3.8) is 0 Å². The molecule has 4 saturated heterocycles. The van der Waals surface area contributed by atoms with Gasteiger partial charge >= 0.3 is 6.03 Å². The van der Waals surface area contributed by atoms with E-state index in [0.717, 1.165) is 57.9 Å². The summed E-state index contributed by atoms with van der Waals surface area (Å²) in [6.45, 7) is 7.93. The molecule has 2 aromatic rings. The Kier molecular flexibility index (Phi) is 6.97. The molecule has 2 aromatic carbocycles. The Labute approximate surface area is 199 Å². The maximum absolute atomic E-state index is 13.3. The molecule has 2 N–H and O–H groups in total. The first-order valence-corrected chi connectivity index (χ1v) is 12.3. The maximum atomic E-state index is 13.3. The van der Waals surface area contributed by atoms with Gasteiger partial charge in [-0.1, -0.05) is 6.07 Å². The van der Waals surface area contributed by atoms with E-state index in [-0.39, 0.29) is 17.7 Å². The SMILES string of the molecule is O=C(NC[C@H]1C[C@H]2CCN1C[C@@H]2CN1CCN(c2ccc(F)cc2)CC1)Nc1cccc(F)c1.